The van der Waals surface area contributed by atoms with E-state index in [1.54, 1.807) is 13.0 Å². The van der Waals surface area contributed by atoms with Gasteiger partial charge in [-0.3, -0.25) is 4.79 Å². The minimum Gasteiger partial charge on any atom is -0.483 e. The third-order valence-electron chi connectivity index (χ3n) is 5.04. The third-order valence-corrected chi connectivity index (χ3v) is 5.93. The van der Waals surface area contributed by atoms with E-state index in [-0.39, 0.29) is 19.1 Å². The van der Waals surface area contributed by atoms with E-state index in [1.165, 1.54) is 16.9 Å². The highest BCUT2D eigenvalue weighted by Crippen LogP contribution is 2.37. The average Bonchev–Trinajstić information content (AvgIpc) is 3.19. The van der Waals surface area contributed by atoms with Crippen molar-refractivity contribution in [3.63, 3.8) is 0 Å². The van der Waals surface area contributed by atoms with Crippen molar-refractivity contribution in [3.8, 4) is 16.9 Å². The molecule has 0 saturated carbocycles. The topological polar surface area (TPSA) is 64.6 Å². The monoisotopic (exact) mass is 449 g/mol. The molecule has 2 aromatic carbocycles. The maximum absolute atomic E-state index is 12.7. The number of nitrogens with one attached hydrogen (secondary N) is 1. The van der Waals surface area contributed by atoms with E-state index in [9.17, 15) is 9.59 Å². The predicted molar refractivity (Wildman–Crippen MR) is 130 cm³/mol. The second-order valence-corrected chi connectivity index (χ2v) is 8.19. The molecule has 0 aliphatic rings. The molecule has 1 heterocycles. The number of anilines is 1. The van der Waals surface area contributed by atoms with Gasteiger partial charge >= 0.3 is 5.97 Å². The van der Waals surface area contributed by atoms with Gasteiger partial charge in [-0.15, -0.1) is 17.9 Å². The summed E-state index contributed by atoms with van der Waals surface area (Å²) < 4.78 is 11.0. The molecule has 0 bridgehead atoms. The van der Waals surface area contributed by atoms with Crippen molar-refractivity contribution in [2.75, 3.05) is 18.5 Å². The summed E-state index contributed by atoms with van der Waals surface area (Å²) in [5.41, 5.74) is 5.26. The number of allylic oxidation sites excluding steroid dienone is 1. The fourth-order valence-corrected chi connectivity index (χ4v) is 4.23. The lowest BCUT2D eigenvalue weighted by molar-refractivity contribution is -0.118. The maximum Gasteiger partial charge on any atom is 0.341 e. The zero-order valence-corrected chi connectivity index (χ0v) is 19.4. The van der Waals surface area contributed by atoms with E-state index in [0.717, 1.165) is 22.3 Å². The number of thiophene rings is 1. The van der Waals surface area contributed by atoms with E-state index in [4.69, 9.17) is 9.47 Å². The second-order valence-electron chi connectivity index (χ2n) is 7.31. The molecule has 5 nitrogen and oxygen atoms in total. The van der Waals surface area contributed by atoms with Gasteiger partial charge in [-0.05, 0) is 55.5 Å². The van der Waals surface area contributed by atoms with E-state index in [0.29, 0.717) is 22.7 Å². The van der Waals surface area contributed by atoms with Crippen molar-refractivity contribution in [2.24, 2.45) is 0 Å². The molecule has 0 fully saturated rings. The highest BCUT2D eigenvalue weighted by molar-refractivity contribution is 7.15. The lowest BCUT2D eigenvalue weighted by atomic mass is 9.99. The van der Waals surface area contributed by atoms with Crippen molar-refractivity contribution in [1.82, 2.24) is 0 Å². The van der Waals surface area contributed by atoms with Crippen LogP contribution < -0.4 is 10.1 Å². The molecule has 0 saturated heterocycles. The van der Waals surface area contributed by atoms with Gasteiger partial charge in [-0.25, -0.2) is 4.79 Å². The van der Waals surface area contributed by atoms with Gasteiger partial charge in [0.05, 0.1) is 6.61 Å². The van der Waals surface area contributed by atoms with Crippen molar-refractivity contribution >= 4 is 28.2 Å². The van der Waals surface area contributed by atoms with Crippen LogP contribution in [0, 0.1) is 13.8 Å². The van der Waals surface area contributed by atoms with Crippen LogP contribution in [0.2, 0.25) is 0 Å². The Hall–Kier alpha value is -3.38. The number of hydrogen-bond donors (Lipinski definition) is 1. The Balaban J connectivity index is 1.82. The number of ether oxygens (including phenoxy) is 2. The molecular weight excluding hydrogens is 422 g/mol. The van der Waals surface area contributed by atoms with Crippen LogP contribution in [-0.2, 0) is 16.0 Å². The number of rotatable bonds is 9. The van der Waals surface area contributed by atoms with Crippen molar-refractivity contribution in [3.05, 3.63) is 82.8 Å². The van der Waals surface area contributed by atoms with E-state index in [2.05, 4.69) is 11.9 Å². The summed E-state index contributed by atoms with van der Waals surface area (Å²) in [5.74, 6) is -0.179. The molecule has 3 rings (SSSR count). The van der Waals surface area contributed by atoms with Crippen LogP contribution in [0.4, 0.5) is 5.00 Å². The summed E-state index contributed by atoms with van der Waals surface area (Å²) in [4.78, 5) is 25.4. The molecule has 0 aliphatic heterocycles. The number of amides is 1. The minimum atomic E-state index is -0.463. The molecule has 32 heavy (non-hydrogen) atoms. The van der Waals surface area contributed by atoms with Crippen LogP contribution in [0.15, 0.2) is 60.5 Å². The summed E-state index contributed by atoms with van der Waals surface area (Å²) >= 11 is 1.29. The summed E-state index contributed by atoms with van der Waals surface area (Å²) in [5, 5.41) is 5.14. The maximum atomic E-state index is 12.7. The number of carbonyl (C=O) groups is 2. The second kappa shape index (κ2) is 10.8. The minimum absolute atomic E-state index is 0.173. The normalized spacial score (nSPS) is 10.5. The first kappa shape index (κ1) is 23.3. The Morgan fingerprint density at radius 1 is 1.12 bits per heavy atom. The molecule has 3 aromatic rings. The standard InChI is InChI=1S/C26H27NO4S/c1-5-9-19-10-7-8-11-22(19)31-15-23(28)27-25-24(26(29)30-6-2)21(16-32-25)20-13-12-17(3)18(4)14-20/h5,7-8,10-14,16H,1,6,9,15H2,2-4H3,(H,27,28). The lowest BCUT2D eigenvalue weighted by Crippen LogP contribution is -2.21. The molecule has 1 amide bonds. The average molecular weight is 450 g/mol. The Labute approximate surface area is 192 Å². The Kier molecular flexibility index (Phi) is 7.84. The molecular formula is C26H27NO4S. The zero-order chi connectivity index (χ0) is 23.1. The van der Waals surface area contributed by atoms with Gasteiger partial charge in [0, 0.05) is 10.9 Å². The van der Waals surface area contributed by atoms with E-state index in [1.807, 2.05) is 61.7 Å². The fourth-order valence-electron chi connectivity index (χ4n) is 3.25. The first-order chi connectivity index (χ1) is 15.4. The summed E-state index contributed by atoms with van der Waals surface area (Å²) in [7, 11) is 0. The Bertz CT molecular complexity index is 1130. The first-order valence-corrected chi connectivity index (χ1v) is 11.3. The first-order valence-electron chi connectivity index (χ1n) is 10.4. The smallest absolute Gasteiger partial charge is 0.341 e. The molecule has 166 valence electrons. The van der Waals surface area contributed by atoms with E-state index < -0.39 is 5.97 Å². The van der Waals surface area contributed by atoms with Gasteiger partial charge in [-0.2, -0.15) is 0 Å². The molecule has 1 N–H and O–H groups in total. The molecule has 0 atom stereocenters. The van der Waals surface area contributed by atoms with Gasteiger partial charge in [0.15, 0.2) is 6.61 Å². The van der Waals surface area contributed by atoms with Crippen LogP contribution in [0.1, 0.15) is 34.0 Å². The SMILES string of the molecule is C=CCc1ccccc1OCC(=O)Nc1scc(-c2ccc(C)c(C)c2)c1C(=O)OCC. The van der Waals surface area contributed by atoms with Gasteiger partial charge in [0.2, 0.25) is 0 Å². The van der Waals surface area contributed by atoms with E-state index >= 15 is 0 Å². The molecule has 0 unspecified atom stereocenters. The number of aryl methyl sites for hydroxylation is 2. The summed E-state index contributed by atoms with van der Waals surface area (Å²) in [6, 6.07) is 13.5. The molecule has 0 radical (unpaired) electrons. The van der Waals surface area contributed by atoms with Gasteiger partial charge < -0.3 is 14.8 Å². The predicted octanol–water partition coefficient (Wildman–Crippen LogP) is 5.95. The number of para-hydroxylation sites is 1. The zero-order valence-electron chi connectivity index (χ0n) is 18.6. The number of carbonyl (C=O) groups excluding carboxylic acids is 2. The van der Waals surface area contributed by atoms with Crippen molar-refractivity contribution in [2.45, 2.75) is 27.2 Å². The molecule has 1 aromatic heterocycles. The van der Waals surface area contributed by atoms with Crippen LogP contribution in [-0.4, -0.2) is 25.1 Å². The number of esters is 1. The Morgan fingerprint density at radius 2 is 1.91 bits per heavy atom. The lowest BCUT2D eigenvalue weighted by Gasteiger charge is -2.12. The molecule has 0 aliphatic carbocycles. The largest absolute Gasteiger partial charge is 0.483 e. The van der Waals surface area contributed by atoms with Crippen LogP contribution in [0.25, 0.3) is 11.1 Å². The number of benzene rings is 2. The van der Waals surface area contributed by atoms with Crippen molar-refractivity contribution < 1.29 is 19.1 Å². The van der Waals surface area contributed by atoms with Crippen LogP contribution in [0.5, 0.6) is 5.75 Å². The van der Waals surface area contributed by atoms with Gasteiger partial charge in [0.1, 0.15) is 16.3 Å². The highest BCUT2D eigenvalue weighted by Gasteiger charge is 2.23. The third kappa shape index (κ3) is 5.45. The van der Waals surface area contributed by atoms with Crippen molar-refractivity contribution in [1.29, 1.82) is 0 Å². The highest BCUT2D eigenvalue weighted by atomic mass is 32.1. The Morgan fingerprint density at radius 3 is 2.62 bits per heavy atom. The van der Waals surface area contributed by atoms with Gasteiger partial charge in [0.25, 0.3) is 5.91 Å². The van der Waals surface area contributed by atoms with Crippen LogP contribution in [0.3, 0.4) is 0 Å². The summed E-state index contributed by atoms with van der Waals surface area (Å²) in [6.07, 6.45) is 2.43. The number of hydrogen-bond acceptors (Lipinski definition) is 5. The summed E-state index contributed by atoms with van der Waals surface area (Å²) in [6.45, 7) is 9.65. The van der Waals surface area contributed by atoms with Crippen LogP contribution >= 0.6 is 11.3 Å². The van der Waals surface area contributed by atoms with Gasteiger partial charge in [-0.1, -0.05) is 42.5 Å². The quantitative estimate of drug-likeness (QED) is 0.324. The molecule has 0 spiro atoms. The fraction of sp³-hybridized carbons (Fsp3) is 0.231. The molecule has 6 heteroatoms.